The summed E-state index contributed by atoms with van der Waals surface area (Å²) >= 11 is 0. The molecule has 1 unspecified atom stereocenters. The first kappa shape index (κ1) is 17.6. The molecular formula is C20H20N2O4S. The monoisotopic (exact) mass is 384 g/mol. The standard InChI is InChI=1S/C20H20N2O4S/c1-13-10-18(26-21-13)16-8-9-20(19(12-16)25-3)27(23,24)22-14(2)11-15-6-4-5-7-17(15)22/h4-10,12,14H,11H2,1-3H3. The maximum atomic E-state index is 13.4. The van der Waals surface area contributed by atoms with Gasteiger partial charge in [0.1, 0.15) is 10.6 Å². The van der Waals surface area contributed by atoms with Crippen LogP contribution in [0.5, 0.6) is 5.75 Å². The predicted octanol–water partition coefficient (Wildman–Crippen LogP) is 3.80. The van der Waals surface area contributed by atoms with E-state index >= 15 is 0 Å². The molecule has 2 heterocycles. The van der Waals surface area contributed by atoms with E-state index in [-0.39, 0.29) is 16.7 Å². The summed E-state index contributed by atoms with van der Waals surface area (Å²) in [6.45, 7) is 3.74. The zero-order chi connectivity index (χ0) is 19.2. The second-order valence-electron chi connectivity index (χ2n) is 6.68. The van der Waals surface area contributed by atoms with Crippen molar-refractivity contribution in [3.05, 3.63) is 59.8 Å². The summed E-state index contributed by atoms with van der Waals surface area (Å²) < 4.78 is 39.1. The molecule has 3 aromatic rings. The average Bonchev–Trinajstić information content (AvgIpc) is 3.23. The van der Waals surface area contributed by atoms with Gasteiger partial charge in [0.25, 0.3) is 10.0 Å². The Labute approximate surface area is 158 Å². The van der Waals surface area contributed by atoms with Crippen molar-refractivity contribution in [1.82, 2.24) is 5.16 Å². The molecule has 1 atom stereocenters. The van der Waals surface area contributed by atoms with Gasteiger partial charge in [-0.15, -0.1) is 0 Å². The molecule has 140 valence electrons. The first-order valence-electron chi connectivity index (χ1n) is 8.66. The Kier molecular flexibility index (Phi) is 4.19. The molecule has 0 fully saturated rings. The summed E-state index contributed by atoms with van der Waals surface area (Å²) in [5, 5.41) is 3.88. The number of aromatic nitrogens is 1. The maximum Gasteiger partial charge on any atom is 0.268 e. The van der Waals surface area contributed by atoms with E-state index in [0.717, 1.165) is 16.9 Å². The largest absolute Gasteiger partial charge is 0.495 e. The van der Waals surface area contributed by atoms with Crippen LogP contribution in [0.2, 0.25) is 0 Å². The molecule has 27 heavy (non-hydrogen) atoms. The van der Waals surface area contributed by atoms with Crippen molar-refractivity contribution in [3.8, 4) is 17.1 Å². The highest BCUT2D eigenvalue weighted by Crippen LogP contribution is 2.39. The van der Waals surface area contributed by atoms with E-state index in [1.807, 2.05) is 38.1 Å². The van der Waals surface area contributed by atoms with Gasteiger partial charge in [-0.1, -0.05) is 23.4 Å². The van der Waals surface area contributed by atoms with E-state index < -0.39 is 10.0 Å². The van der Waals surface area contributed by atoms with Crippen molar-refractivity contribution in [2.75, 3.05) is 11.4 Å². The first-order valence-corrected chi connectivity index (χ1v) is 10.1. The van der Waals surface area contributed by atoms with Crippen LogP contribution in [0.15, 0.2) is 57.9 Å². The lowest BCUT2D eigenvalue weighted by atomic mass is 10.1. The Morgan fingerprint density at radius 3 is 2.67 bits per heavy atom. The van der Waals surface area contributed by atoms with Gasteiger partial charge >= 0.3 is 0 Å². The van der Waals surface area contributed by atoms with Crippen LogP contribution in [0, 0.1) is 6.92 Å². The van der Waals surface area contributed by atoms with Crippen molar-refractivity contribution >= 4 is 15.7 Å². The first-order chi connectivity index (χ1) is 12.9. The van der Waals surface area contributed by atoms with Crippen molar-refractivity contribution < 1.29 is 17.7 Å². The van der Waals surface area contributed by atoms with E-state index in [4.69, 9.17) is 9.26 Å². The Morgan fingerprint density at radius 2 is 1.96 bits per heavy atom. The number of methoxy groups -OCH3 is 1. The second-order valence-corrected chi connectivity index (χ2v) is 8.46. The smallest absolute Gasteiger partial charge is 0.268 e. The van der Waals surface area contributed by atoms with Crippen LogP contribution in [-0.4, -0.2) is 26.7 Å². The van der Waals surface area contributed by atoms with Crippen molar-refractivity contribution in [1.29, 1.82) is 0 Å². The van der Waals surface area contributed by atoms with Crippen LogP contribution in [0.3, 0.4) is 0 Å². The van der Waals surface area contributed by atoms with Crippen LogP contribution in [-0.2, 0) is 16.4 Å². The Bertz CT molecular complexity index is 1100. The molecule has 1 aliphatic rings. The van der Waals surface area contributed by atoms with Gasteiger partial charge in [-0.25, -0.2) is 8.42 Å². The molecular weight excluding hydrogens is 364 g/mol. The molecule has 0 amide bonds. The summed E-state index contributed by atoms with van der Waals surface area (Å²) in [5.41, 5.74) is 3.22. The second kappa shape index (κ2) is 6.42. The molecule has 6 nitrogen and oxygen atoms in total. The normalized spacial score (nSPS) is 16.4. The molecule has 0 saturated heterocycles. The third-order valence-corrected chi connectivity index (χ3v) is 6.73. The Balaban J connectivity index is 1.80. The average molecular weight is 384 g/mol. The predicted molar refractivity (Wildman–Crippen MR) is 103 cm³/mol. The summed E-state index contributed by atoms with van der Waals surface area (Å²) in [7, 11) is -2.31. The van der Waals surface area contributed by atoms with E-state index in [2.05, 4.69) is 5.16 Å². The van der Waals surface area contributed by atoms with Crippen molar-refractivity contribution in [3.63, 3.8) is 0 Å². The Hall–Kier alpha value is -2.80. The third kappa shape index (κ3) is 2.88. The molecule has 0 radical (unpaired) electrons. The van der Waals surface area contributed by atoms with E-state index in [1.165, 1.54) is 11.4 Å². The molecule has 0 N–H and O–H groups in total. The van der Waals surface area contributed by atoms with Gasteiger partial charge in [-0.05, 0) is 50.1 Å². The molecule has 0 bridgehead atoms. The number of nitrogens with zero attached hydrogens (tertiary/aromatic N) is 2. The zero-order valence-corrected chi connectivity index (χ0v) is 16.2. The maximum absolute atomic E-state index is 13.4. The van der Waals surface area contributed by atoms with Gasteiger partial charge in [0.05, 0.1) is 18.5 Å². The number of benzene rings is 2. The fourth-order valence-corrected chi connectivity index (χ4v) is 5.38. The SMILES string of the molecule is COc1cc(-c2cc(C)no2)ccc1S(=O)(=O)N1c2ccccc2CC1C. The quantitative estimate of drug-likeness (QED) is 0.684. The molecule has 0 aliphatic carbocycles. The summed E-state index contributed by atoms with van der Waals surface area (Å²) in [6.07, 6.45) is 0.688. The summed E-state index contributed by atoms with van der Waals surface area (Å²) in [6, 6.07) is 14.2. The highest BCUT2D eigenvalue weighted by molar-refractivity contribution is 7.93. The Morgan fingerprint density at radius 1 is 1.19 bits per heavy atom. The molecule has 0 spiro atoms. The number of para-hydroxylation sites is 1. The molecule has 0 saturated carbocycles. The molecule has 1 aliphatic heterocycles. The van der Waals surface area contributed by atoms with Crippen LogP contribution in [0.1, 0.15) is 18.2 Å². The molecule has 4 rings (SSSR count). The molecule has 1 aromatic heterocycles. The van der Waals surface area contributed by atoms with Crippen LogP contribution < -0.4 is 9.04 Å². The minimum Gasteiger partial charge on any atom is -0.495 e. The van der Waals surface area contributed by atoms with Crippen LogP contribution in [0.4, 0.5) is 5.69 Å². The van der Waals surface area contributed by atoms with Gasteiger partial charge in [0.2, 0.25) is 0 Å². The molecule has 2 aromatic carbocycles. The highest BCUT2D eigenvalue weighted by Gasteiger charge is 2.37. The topological polar surface area (TPSA) is 72.6 Å². The highest BCUT2D eigenvalue weighted by atomic mass is 32.2. The van der Waals surface area contributed by atoms with Crippen LogP contribution in [0.25, 0.3) is 11.3 Å². The van der Waals surface area contributed by atoms with Gasteiger partial charge in [0, 0.05) is 17.7 Å². The fourth-order valence-electron chi connectivity index (χ4n) is 3.54. The minimum absolute atomic E-state index is 0.133. The van der Waals surface area contributed by atoms with Crippen molar-refractivity contribution in [2.45, 2.75) is 31.2 Å². The van der Waals surface area contributed by atoms with E-state index in [1.54, 1.807) is 24.3 Å². The minimum atomic E-state index is -3.78. The van der Waals surface area contributed by atoms with Gasteiger partial charge in [-0.3, -0.25) is 4.31 Å². The number of aryl methyl sites for hydroxylation is 1. The lowest BCUT2D eigenvalue weighted by Crippen LogP contribution is -2.35. The van der Waals surface area contributed by atoms with E-state index in [9.17, 15) is 8.42 Å². The number of anilines is 1. The lowest BCUT2D eigenvalue weighted by molar-refractivity contribution is 0.401. The van der Waals surface area contributed by atoms with Gasteiger partial charge < -0.3 is 9.26 Å². The van der Waals surface area contributed by atoms with Crippen LogP contribution >= 0.6 is 0 Å². The zero-order valence-electron chi connectivity index (χ0n) is 15.3. The number of fused-ring (bicyclic) bond motifs is 1. The number of hydrogen-bond donors (Lipinski definition) is 0. The van der Waals surface area contributed by atoms with Crippen molar-refractivity contribution in [2.24, 2.45) is 0 Å². The number of ether oxygens (including phenoxy) is 1. The number of hydrogen-bond acceptors (Lipinski definition) is 5. The van der Waals surface area contributed by atoms with Gasteiger partial charge in [0.15, 0.2) is 5.76 Å². The number of sulfonamides is 1. The fraction of sp³-hybridized carbons (Fsp3) is 0.250. The van der Waals surface area contributed by atoms with Gasteiger partial charge in [-0.2, -0.15) is 0 Å². The third-order valence-electron chi connectivity index (χ3n) is 4.76. The van der Waals surface area contributed by atoms with E-state index in [0.29, 0.717) is 17.7 Å². The number of rotatable bonds is 4. The lowest BCUT2D eigenvalue weighted by Gasteiger charge is -2.25. The summed E-state index contributed by atoms with van der Waals surface area (Å²) in [5.74, 6) is 0.841. The summed E-state index contributed by atoms with van der Waals surface area (Å²) in [4.78, 5) is 0.133. The molecule has 7 heteroatoms.